The van der Waals surface area contributed by atoms with E-state index in [0.717, 1.165) is 54.4 Å². The Morgan fingerprint density at radius 1 is 0.524 bits per heavy atom. The molecule has 63 heavy (non-hydrogen) atoms. The second-order valence-corrected chi connectivity index (χ2v) is 16.4. The van der Waals surface area contributed by atoms with E-state index in [4.69, 9.17) is 15.0 Å². The number of hydrogen-bond donors (Lipinski definition) is 0. The molecule has 0 bridgehead atoms. The van der Waals surface area contributed by atoms with E-state index in [1.807, 2.05) is 18.2 Å². The lowest BCUT2D eigenvalue weighted by atomic mass is 9.78. The van der Waals surface area contributed by atoms with Crippen molar-refractivity contribution in [3.8, 4) is 78.7 Å². The Balaban J connectivity index is 1.18. The van der Waals surface area contributed by atoms with Crippen molar-refractivity contribution < 1.29 is 0 Å². The summed E-state index contributed by atoms with van der Waals surface area (Å²) in [7, 11) is 0. The third-order valence-electron chi connectivity index (χ3n) is 12.4. The predicted octanol–water partition coefficient (Wildman–Crippen LogP) is 15.6. The molecular weight excluding hydrogens is 763 g/mol. The fraction of sp³-hybridized carbons (Fsp3) is 0.117. The number of nitrogens with zero attached hydrogens (tertiary/aromatic N) is 3. The fourth-order valence-electron chi connectivity index (χ4n) is 9.39. The Labute approximate surface area is 371 Å². The highest BCUT2D eigenvalue weighted by molar-refractivity contribution is 6.00. The van der Waals surface area contributed by atoms with Gasteiger partial charge in [0.15, 0.2) is 17.5 Å². The molecule has 0 radical (unpaired) electrons. The molecule has 0 saturated heterocycles. The summed E-state index contributed by atoms with van der Waals surface area (Å²) < 4.78 is 0. The van der Waals surface area contributed by atoms with Crippen LogP contribution >= 0.6 is 0 Å². The van der Waals surface area contributed by atoms with Gasteiger partial charge in [-0.2, -0.15) is 0 Å². The van der Waals surface area contributed by atoms with Gasteiger partial charge in [-0.05, 0) is 123 Å². The monoisotopic (exact) mass is 811 g/mol. The van der Waals surface area contributed by atoms with Crippen molar-refractivity contribution in [3.05, 3.63) is 228 Å². The molecule has 2 aliphatic carbocycles. The van der Waals surface area contributed by atoms with Crippen LogP contribution in [0.3, 0.4) is 0 Å². The van der Waals surface area contributed by atoms with Crippen molar-refractivity contribution in [1.82, 2.24) is 15.0 Å². The van der Waals surface area contributed by atoms with E-state index >= 15 is 0 Å². The molecular formula is C60H49N3. The molecule has 0 aliphatic heterocycles. The van der Waals surface area contributed by atoms with Gasteiger partial charge in [0.25, 0.3) is 0 Å². The van der Waals surface area contributed by atoms with Crippen LogP contribution in [-0.4, -0.2) is 15.0 Å². The van der Waals surface area contributed by atoms with Crippen molar-refractivity contribution >= 4 is 5.57 Å². The van der Waals surface area contributed by atoms with Gasteiger partial charge in [0, 0.05) is 16.7 Å². The average Bonchev–Trinajstić information content (AvgIpc) is 3.74. The quantitative estimate of drug-likeness (QED) is 0.122. The smallest absolute Gasteiger partial charge is 0.164 e. The van der Waals surface area contributed by atoms with Crippen molar-refractivity contribution in [3.63, 3.8) is 0 Å². The lowest BCUT2D eigenvalue weighted by molar-refractivity contribution is 0.994. The topological polar surface area (TPSA) is 38.7 Å². The summed E-state index contributed by atoms with van der Waals surface area (Å²) >= 11 is 0. The molecule has 2 aliphatic rings. The molecule has 3 nitrogen and oxygen atoms in total. The van der Waals surface area contributed by atoms with E-state index in [2.05, 4.69) is 196 Å². The first-order valence-corrected chi connectivity index (χ1v) is 22.3. The first-order valence-electron chi connectivity index (χ1n) is 22.3. The Kier molecular flexibility index (Phi) is 11.2. The zero-order valence-corrected chi connectivity index (χ0v) is 35.9. The largest absolute Gasteiger partial charge is 0.208 e. The minimum Gasteiger partial charge on any atom is -0.208 e. The van der Waals surface area contributed by atoms with E-state index in [1.54, 1.807) is 0 Å². The van der Waals surface area contributed by atoms with Gasteiger partial charge < -0.3 is 0 Å². The number of rotatable bonds is 11. The van der Waals surface area contributed by atoms with Crippen LogP contribution < -0.4 is 0 Å². The molecule has 0 N–H and O–H groups in total. The van der Waals surface area contributed by atoms with Crippen molar-refractivity contribution in [2.75, 3.05) is 0 Å². The van der Waals surface area contributed by atoms with Gasteiger partial charge in [-0.25, -0.2) is 15.0 Å². The maximum atomic E-state index is 5.27. The van der Waals surface area contributed by atoms with Crippen molar-refractivity contribution in [2.24, 2.45) is 0 Å². The summed E-state index contributed by atoms with van der Waals surface area (Å²) in [6.45, 7) is 4.37. The molecule has 3 heteroatoms. The SMILES string of the molecule is C/C=C\C=C(/CC)c1c(-c2ccccc2)c(CC2=CCCC=C2)cc(-c2ccc(-c3nc(-c4ccccc4)nc(-c4cccc5c4-c4ccccc4C5)n3)cc2)c1-c1ccccc1. The molecule has 1 heterocycles. The third-order valence-corrected chi connectivity index (χ3v) is 12.4. The minimum atomic E-state index is 0.650. The van der Waals surface area contributed by atoms with E-state index in [1.165, 1.54) is 72.3 Å². The van der Waals surface area contributed by atoms with E-state index in [-0.39, 0.29) is 0 Å². The molecule has 0 amide bonds. The summed E-state index contributed by atoms with van der Waals surface area (Å²) in [6.07, 6.45) is 18.5. The van der Waals surface area contributed by atoms with Crippen LogP contribution in [-0.2, 0) is 12.8 Å². The Hall–Kier alpha value is -7.49. The van der Waals surface area contributed by atoms with Crippen LogP contribution in [0.1, 0.15) is 55.4 Å². The minimum absolute atomic E-state index is 0.650. The predicted molar refractivity (Wildman–Crippen MR) is 264 cm³/mol. The second-order valence-electron chi connectivity index (χ2n) is 16.4. The third kappa shape index (κ3) is 7.95. The van der Waals surface area contributed by atoms with Crippen LogP contribution in [0.4, 0.5) is 0 Å². The zero-order valence-electron chi connectivity index (χ0n) is 35.9. The maximum absolute atomic E-state index is 5.27. The van der Waals surface area contributed by atoms with Crippen LogP contribution in [0.5, 0.6) is 0 Å². The highest BCUT2D eigenvalue weighted by atomic mass is 15.0. The molecule has 7 aromatic carbocycles. The van der Waals surface area contributed by atoms with E-state index < -0.39 is 0 Å². The summed E-state index contributed by atoms with van der Waals surface area (Å²) in [5, 5.41) is 0. The molecule has 0 atom stereocenters. The zero-order chi connectivity index (χ0) is 42.5. The molecule has 8 aromatic rings. The lowest BCUT2D eigenvalue weighted by Gasteiger charge is -2.26. The van der Waals surface area contributed by atoms with Gasteiger partial charge in [0.05, 0.1) is 0 Å². The Morgan fingerprint density at radius 3 is 1.78 bits per heavy atom. The van der Waals surface area contributed by atoms with Crippen LogP contribution in [0, 0.1) is 0 Å². The van der Waals surface area contributed by atoms with E-state index in [9.17, 15) is 0 Å². The highest BCUT2D eigenvalue weighted by Gasteiger charge is 2.26. The van der Waals surface area contributed by atoms with Gasteiger partial charge in [-0.3, -0.25) is 0 Å². The maximum Gasteiger partial charge on any atom is 0.164 e. The van der Waals surface area contributed by atoms with Gasteiger partial charge in [-0.1, -0.05) is 201 Å². The van der Waals surface area contributed by atoms with Gasteiger partial charge >= 0.3 is 0 Å². The molecule has 10 rings (SSSR count). The van der Waals surface area contributed by atoms with Crippen LogP contribution in [0.2, 0.25) is 0 Å². The molecule has 0 spiro atoms. The number of fused-ring (bicyclic) bond motifs is 3. The number of allylic oxidation sites excluding steroid dienone is 8. The normalized spacial score (nSPS) is 13.2. The van der Waals surface area contributed by atoms with Gasteiger partial charge in [0.1, 0.15) is 0 Å². The van der Waals surface area contributed by atoms with Gasteiger partial charge in [0.2, 0.25) is 0 Å². The van der Waals surface area contributed by atoms with Crippen molar-refractivity contribution in [2.45, 2.75) is 46.0 Å². The second kappa shape index (κ2) is 17.8. The summed E-state index contributed by atoms with van der Waals surface area (Å²) in [4.78, 5) is 15.6. The molecule has 0 fully saturated rings. The van der Waals surface area contributed by atoms with Crippen LogP contribution in [0.25, 0.3) is 84.2 Å². The molecule has 1 aromatic heterocycles. The first-order chi connectivity index (χ1) is 31.2. The number of hydrogen-bond acceptors (Lipinski definition) is 3. The van der Waals surface area contributed by atoms with Crippen LogP contribution in [0.15, 0.2) is 206 Å². The van der Waals surface area contributed by atoms with E-state index in [0.29, 0.717) is 17.5 Å². The first kappa shape index (κ1) is 39.6. The highest BCUT2D eigenvalue weighted by Crippen LogP contribution is 2.48. The average molecular weight is 812 g/mol. The van der Waals surface area contributed by atoms with Crippen molar-refractivity contribution in [1.29, 1.82) is 0 Å². The molecule has 0 unspecified atom stereocenters. The lowest BCUT2D eigenvalue weighted by Crippen LogP contribution is -2.04. The fourth-order valence-corrected chi connectivity index (χ4v) is 9.39. The number of aromatic nitrogens is 3. The molecule has 0 saturated carbocycles. The van der Waals surface area contributed by atoms with Gasteiger partial charge in [-0.15, -0.1) is 0 Å². The standard InChI is InChI=1S/C60H49N3/c1-3-5-23-42(4-2)57-54(44-24-12-7-13-25-44)50(38-41-21-10-6-11-22-41)40-53(56(57)45-26-14-8-15-27-45)43-34-36-47(37-35-43)59-61-58(46-28-16-9-17-29-46)62-60(63-59)52-33-20-31-49-39-48-30-18-19-32-51(48)55(49)52/h3,5,7-10,12-37,40H,4,6,11,38-39H2,1-2H3/b5-3-,42-23+. The Morgan fingerprint density at radius 2 is 1.11 bits per heavy atom. The number of benzene rings is 7. The Bertz CT molecular complexity index is 3060. The summed E-state index contributed by atoms with van der Waals surface area (Å²) in [5.41, 5.74) is 20.6. The summed E-state index contributed by atoms with van der Waals surface area (Å²) in [5.74, 6) is 1.99. The summed E-state index contributed by atoms with van der Waals surface area (Å²) in [6, 6.07) is 58.8. The molecule has 304 valence electrons.